The van der Waals surface area contributed by atoms with Crippen LogP contribution in [0.3, 0.4) is 0 Å². The van der Waals surface area contributed by atoms with Crippen LogP contribution >= 0.6 is 24.8 Å². The SMILES string of the molecule is Cl.Cl.NC(F)(F)F.NO. The van der Waals surface area contributed by atoms with E-state index < -0.39 is 6.30 Å². The predicted octanol–water partition coefficient (Wildman–Crippen LogP) is 0.643. The van der Waals surface area contributed by atoms with Crippen molar-refractivity contribution in [3.8, 4) is 0 Å². The second-order valence-electron chi connectivity index (χ2n) is 0.542. The molecule has 0 radical (unpaired) electrons. The van der Waals surface area contributed by atoms with Crippen molar-refractivity contribution in [2.45, 2.75) is 6.30 Å². The minimum absolute atomic E-state index is 0. The number of hydrogen-bond acceptors (Lipinski definition) is 3. The van der Waals surface area contributed by atoms with Crippen LogP contribution in [0.4, 0.5) is 13.2 Å². The van der Waals surface area contributed by atoms with Gasteiger partial charge in [0.15, 0.2) is 0 Å². The second kappa shape index (κ2) is 11.1. The van der Waals surface area contributed by atoms with Gasteiger partial charge in [-0.15, -0.1) is 24.8 Å². The zero-order valence-electron chi connectivity index (χ0n) is 4.05. The Morgan fingerprint density at radius 2 is 1.00 bits per heavy atom. The first-order valence-corrected chi connectivity index (χ1v) is 1.11. The molecular formula is CH7Cl2F3N2O. The highest BCUT2D eigenvalue weighted by Crippen LogP contribution is 2.01. The van der Waals surface area contributed by atoms with Gasteiger partial charge in [-0.05, 0) is 0 Å². The highest BCUT2D eigenvalue weighted by Gasteiger charge is 2.16. The molecule has 0 bridgehead atoms. The summed E-state index contributed by atoms with van der Waals surface area (Å²) < 4.78 is 30.4. The van der Waals surface area contributed by atoms with Crippen LogP contribution in [0.2, 0.25) is 0 Å². The van der Waals surface area contributed by atoms with E-state index in [2.05, 4.69) is 11.6 Å². The van der Waals surface area contributed by atoms with Crippen molar-refractivity contribution in [3.63, 3.8) is 0 Å². The summed E-state index contributed by atoms with van der Waals surface area (Å²) in [6.45, 7) is 0. The number of hydrogen-bond donors (Lipinski definition) is 3. The number of nitrogens with two attached hydrogens (primary N) is 2. The van der Waals surface area contributed by atoms with Gasteiger partial charge >= 0.3 is 6.30 Å². The van der Waals surface area contributed by atoms with E-state index in [9.17, 15) is 13.2 Å². The van der Waals surface area contributed by atoms with Crippen LogP contribution in [-0.4, -0.2) is 11.5 Å². The van der Waals surface area contributed by atoms with E-state index in [1.54, 1.807) is 0 Å². The lowest BCUT2D eigenvalue weighted by molar-refractivity contribution is -0.122. The average Bonchev–Trinajstić information content (AvgIpc) is 1.36. The molecule has 0 saturated carbocycles. The van der Waals surface area contributed by atoms with Crippen molar-refractivity contribution in [2.24, 2.45) is 11.6 Å². The topological polar surface area (TPSA) is 72.3 Å². The van der Waals surface area contributed by atoms with Crippen LogP contribution in [0.15, 0.2) is 0 Å². The molecule has 0 aliphatic rings. The Morgan fingerprint density at radius 1 is 1.00 bits per heavy atom. The molecule has 0 atom stereocenters. The molecule has 62 valence electrons. The molecule has 0 aliphatic heterocycles. The Hall–Kier alpha value is 0.250. The Bertz CT molecular complexity index is 35.3. The molecule has 0 aromatic heterocycles. The van der Waals surface area contributed by atoms with Crippen LogP contribution in [0.1, 0.15) is 0 Å². The van der Waals surface area contributed by atoms with Gasteiger partial charge in [0, 0.05) is 0 Å². The molecule has 0 saturated heterocycles. The lowest BCUT2D eigenvalue weighted by Gasteiger charge is -1.89. The first-order chi connectivity index (χ1) is 3.00. The molecule has 0 fully saturated rings. The van der Waals surface area contributed by atoms with Crippen molar-refractivity contribution in [2.75, 3.05) is 0 Å². The predicted molar refractivity (Wildman–Crippen MR) is 30.7 cm³/mol. The van der Waals surface area contributed by atoms with Crippen molar-refractivity contribution in [1.82, 2.24) is 0 Å². The summed E-state index contributed by atoms with van der Waals surface area (Å²) in [5, 5.41) is 6.50. The largest absolute Gasteiger partial charge is 0.454 e. The Morgan fingerprint density at radius 3 is 1.00 bits per heavy atom. The molecule has 3 nitrogen and oxygen atoms in total. The monoisotopic (exact) mass is 190 g/mol. The first-order valence-electron chi connectivity index (χ1n) is 1.11. The standard InChI is InChI=1S/CH2F3N.2ClH.H3NO/c2-1(3,4)5;;;1-2/h5H2;2*1H;2H,1H2. The molecule has 5 N–H and O–H groups in total. The molecule has 0 aliphatic carbocycles. The maximum absolute atomic E-state index is 10.1. The van der Waals surface area contributed by atoms with Crippen molar-refractivity contribution < 1.29 is 18.4 Å². The first kappa shape index (κ1) is 22.8. The smallest absolute Gasteiger partial charge is 0.320 e. The van der Waals surface area contributed by atoms with Gasteiger partial charge in [-0.25, -0.2) is 11.6 Å². The third-order valence-corrected chi connectivity index (χ3v) is 0. The lowest BCUT2D eigenvalue weighted by Crippen LogP contribution is -2.20. The summed E-state index contributed by atoms with van der Waals surface area (Å²) in [5.74, 6) is 3.50. The quantitative estimate of drug-likeness (QED) is 0.388. The van der Waals surface area contributed by atoms with E-state index in [1.165, 1.54) is 0 Å². The Labute approximate surface area is 62.0 Å². The summed E-state index contributed by atoms with van der Waals surface area (Å²) in [4.78, 5) is 0. The molecule has 0 aromatic carbocycles. The molecule has 0 aromatic rings. The molecule has 0 amide bonds. The van der Waals surface area contributed by atoms with Crippen molar-refractivity contribution in [3.05, 3.63) is 0 Å². The summed E-state index contributed by atoms with van der Waals surface area (Å²) in [5.41, 5.74) is 3.35. The zero-order chi connectivity index (χ0) is 6.50. The van der Waals surface area contributed by atoms with E-state index in [0.29, 0.717) is 0 Å². The fourth-order valence-corrected chi connectivity index (χ4v) is 0. The Balaban J connectivity index is -0.0000000286. The molecule has 0 rings (SSSR count). The summed E-state index contributed by atoms with van der Waals surface area (Å²) in [7, 11) is 0. The van der Waals surface area contributed by atoms with Crippen LogP contribution in [0, 0.1) is 0 Å². The van der Waals surface area contributed by atoms with E-state index >= 15 is 0 Å². The summed E-state index contributed by atoms with van der Waals surface area (Å²) in [6, 6.07) is 0. The van der Waals surface area contributed by atoms with Crippen molar-refractivity contribution >= 4 is 24.8 Å². The zero-order valence-corrected chi connectivity index (χ0v) is 5.69. The fraction of sp³-hybridized carbons (Fsp3) is 1.00. The Kier molecular flexibility index (Phi) is 28.2. The second-order valence-corrected chi connectivity index (χ2v) is 0.542. The van der Waals surface area contributed by atoms with Crippen LogP contribution < -0.4 is 11.6 Å². The van der Waals surface area contributed by atoms with Gasteiger partial charge in [0.05, 0.1) is 0 Å². The number of halogens is 5. The maximum Gasteiger partial charge on any atom is 0.454 e. The average molecular weight is 191 g/mol. The van der Waals surface area contributed by atoms with Crippen LogP contribution in [0.5, 0.6) is 0 Å². The van der Waals surface area contributed by atoms with Gasteiger partial charge in [-0.3, -0.25) is 0 Å². The van der Waals surface area contributed by atoms with Crippen LogP contribution in [0.25, 0.3) is 0 Å². The lowest BCUT2D eigenvalue weighted by atomic mass is 11.3. The van der Waals surface area contributed by atoms with Gasteiger partial charge in [-0.2, -0.15) is 13.2 Å². The fourth-order valence-electron chi connectivity index (χ4n) is 0. The highest BCUT2D eigenvalue weighted by molar-refractivity contribution is 5.85. The third-order valence-electron chi connectivity index (χ3n) is 0. The molecule has 0 unspecified atom stereocenters. The van der Waals surface area contributed by atoms with E-state index in [-0.39, 0.29) is 24.8 Å². The van der Waals surface area contributed by atoms with Crippen LogP contribution in [-0.2, 0) is 0 Å². The summed E-state index contributed by atoms with van der Waals surface area (Å²) in [6.07, 6.45) is -4.50. The van der Waals surface area contributed by atoms with Gasteiger partial charge in [0.2, 0.25) is 0 Å². The maximum atomic E-state index is 10.1. The summed E-state index contributed by atoms with van der Waals surface area (Å²) >= 11 is 0. The molecule has 9 heavy (non-hydrogen) atoms. The normalized spacial score (nSPS) is 7.33. The molecule has 0 spiro atoms. The van der Waals surface area contributed by atoms with Crippen molar-refractivity contribution in [1.29, 1.82) is 0 Å². The van der Waals surface area contributed by atoms with Gasteiger partial charge in [0.25, 0.3) is 0 Å². The number of alkyl halides is 3. The van der Waals surface area contributed by atoms with E-state index in [1.807, 2.05) is 0 Å². The third kappa shape index (κ3) is 5160. The molecular weight excluding hydrogens is 184 g/mol. The minimum Gasteiger partial charge on any atom is -0.320 e. The highest BCUT2D eigenvalue weighted by atomic mass is 35.5. The van der Waals surface area contributed by atoms with Gasteiger partial charge < -0.3 is 5.21 Å². The van der Waals surface area contributed by atoms with Gasteiger partial charge in [0.1, 0.15) is 0 Å². The molecule has 8 heteroatoms. The van der Waals surface area contributed by atoms with E-state index in [0.717, 1.165) is 0 Å². The minimum atomic E-state index is -4.50. The van der Waals surface area contributed by atoms with E-state index in [4.69, 9.17) is 5.21 Å². The number of rotatable bonds is 0. The van der Waals surface area contributed by atoms with Gasteiger partial charge in [-0.1, -0.05) is 0 Å². The molecule has 0 heterocycles.